The highest BCUT2D eigenvalue weighted by atomic mass is 32.1. The molecule has 1 aliphatic heterocycles. The standard InChI is InChI=1S/C10H16N2S/c1-8(10-3-2-6-13-10)12-5-4-9(11)7-12/h2-3,6,8-9H,4-5,7,11H2,1H3/t8-,9+/m0/s1. The highest BCUT2D eigenvalue weighted by Gasteiger charge is 2.24. The molecule has 0 aromatic carbocycles. The van der Waals surface area contributed by atoms with Crippen LogP contribution in [0.3, 0.4) is 0 Å². The van der Waals surface area contributed by atoms with Crippen molar-refractivity contribution in [2.24, 2.45) is 5.73 Å². The first-order chi connectivity index (χ1) is 6.27. The fourth-order valence-electron chi connectivity index (χ4n) is 1.88. The maximum Gasteiger partial charge on any atom is 0.0413 e. The van der Waals surface area contributed by atoms with Crippen LogP contribution in [0.25, 0.3) is 0 Å². The molecule has 1 aromatic rings. The Hall–Kier alpha value is -0.380. The molecule has 1 saturated heterocycles. The van der Waals surface area contributed by atoms with Gasteiger partial charge in [0, 0.05) is 30.1 Å². The summed E-state index contributed by atoms with van der Waals surface area (Å²) in [5.74, 6) is 0. The van der Waals surface area contributed by atoms with Crippen molar-refractivity contribution in [1.29, 1.82) is 0 Å². The zero-order chi connectivity index (χ0) is 9.26. The summed E-state index contributed by atoms with van der Waals surface area (Å²) in [6, 6.07) is 5.27. The van der Waals surface area contributed by atoms with Gasteiger partial charge in [-0.1, -0.05) is 6.07 Å². The van der Waals surface area contributed by atoms with Gasteiger partial charge in [-0.3, -0.25) is 4.90 Å². The normalized spacial score (nSPS) is 26.5. The summed E-state index contributed by atoms with van der Waals surface area (Å²) < 4.78 is 0. The summed E-state index contributed by atoms with van der Waals surface area (Å²) in [7, 11) is 0. The molecule has 0 saturated carbocycles. The molecule has 2 atom stereocenters. The summed E-state index contributed by atoms with van der Waals surface area (Å²) in [6.07, 6.45) is 1.15. The van der Waals surface area contributed by atoms with Crippen molar-refractivity contribution in [3.63, 3.8) is 0 Å². The van der Waals surface area contributed by atoms with Crippen LogP contribution < -0.4 is 5.73 Å². The molecule has 2 N–H and O–H groups in total. The molecule has 1 aliphatic rings. The fourth-order valence-corrected chi connectivity index (χ4v) is 2.69. The lowest BCUT2D eigenvalue weighted by atomic mass is 10.2. The van der Waals surface area contributed by atoms with Crippen molar-refractivity contribution in [2.75, 3.05) is 13.1 Å². The van der Waals surface area contributed by atoms with Crippen LogP contribution in [0.1, 0.15) is 24.3 Å². The summed E-state index contributed by atoms with van der Waals surface area (Å²) >= 11 is 1.84. The fraction of sp³-hybridized carbons (Fsp3) is 0.600. The van der Waals surface area contributed by atoms with E-state index in [0.717, 1.165) is 19.5 Å². The molecule has 2 heterocycles. The lowest BCUT2D eigenvalue weighted by Crippen LogP contribution is -2.28. The van der Waals surface area contributed by atoms with Crippen LogP contribution >= 0.6 is 11.3 Å². The Morgan fingerprint density at radius 2 is 2.54 bits per heavy atom. The molecule has 72 valence electrons. The Kier molecular flexibility index (Phi) is 2.67. The minimum atomic E-state index is 0.391. The van der Waals surface area contributed by atoms with Gasteiger partial charge in [0.2, 0.25) is 0 Å². The third-order valence-corrected chi connectivity index (χ3v) is 3.80. The molecule has 13 heavy (non-hydrogen) atoms. The molecule has 3 heteroatoms. The number of nitrogens with two attached hydrogens (primary N) is 1. The predicted molar refractivity (Wildman–Crippen MR) is 56.9 cm³/mol. The minimum absolute atomic E-state index is 0.391. The largest absolute Gasteiger partial charge is 0.326 e. The van der Waals surface area contributed by atoms with Crippen LogP contribution in [0.2, 0.25) is 0 Å². The van der Waals surface area contributed by atoms with Crippen molar-refractivity contribution in [3.8, 4) is 0 Å². The van der Waals surface area contributed by atoms with Gasteiger partial charge >= 0.3 is 0 Å². The van der Waals surface area contributed by atoms with E-state index in [1.165, 1.54) is 4.88 Å². The number of nitrogens with zero attached hydrogens (tertiary/aromatic N) is 1. The number of rotatable bonds is 2. The Labute approximate surface area is 83.4 Å². The minimum Gasteiger partial charge on any atom is -0.326 e. The maximum atomic E-state index is 5.88. The third-order valence-electron chi connectivity index (χ3n) is 2.76. The van der Waals surface area contributed by atoms with E-state index in [1.807, 2.05) is 11.3 Å². The number of thiophene rings is 1. The Balaban J connectivity index is 2.02. The summed E-state index contributed by atoms with van der Waals surface area (Å²) in [4.78, 5) is 3.92. The van der Waals surface area contributed by atoms with Gasteiger partial charge < -0.3 is 5.73 Å². The Morgan fingerprint density at radius 3 is 3.08 bits per heavy atom. The molecule has 0 radical (unpaired) electrons. The average Bonchev–Trinajstić information content (AvgIpc) is 2.72. The average molecular weight is 196 g/mol. The molecule has 0 bridgehead atoms. The van der Waals surface area contributed by atoms with E-state index < -0.39 is 0 Å². The lowest BCUT2D eigenvalue weighted by Gasteiger charge is -2.22. The van der Waals surface area contributed by atoms with Gasteiger partial charge in [0.05, 0.1) is 0 Å². The predicted octanol–water partition coefficient (Wildman–Crippen LogP) is 1.84. The molecule has 0 amide bonds. The van der Waals surface area contributed by atoms with Gasteiger partial charge in [-0.25, -0.2) is 0 Å². The molecule has 0 spiro atoms. The third kappa shape index (κ3) is 1.93. The van der Waals surface area contributed by atoms with Crippen LogP contribution in [0.5, 0.6) is 0 Å². The Bertz CT molecular complexity index is 258. The second-order valence-electron chi connectivity index (χ2n) is 3.74. The first-order valence-electron chi connectivity index (χ1n) is 4.80. The quantitative estimate of drug-likeness (QED) is 0.782. The number of hydrogen-bond donors (Lipinski definition) is 1. The van der Waals surface area contributed by atoms with E-state index in [4.69, 9.17) is 5.73 Å². The van der Waals surface area contributed by atoms with Crippen LogP contribution in [0.4, 0.5) is 0 Å². The summed E-state index contributed by atoms with van der Waals surface area (Å²) in [5, 5.41) is 2.14. The highest BCUT2D eigenvalue weighted by molar-refractivity contribution is 7.10. The second kappa shape index (κ2) is 3.78. The maximum absolute atomic E-state index is 5.88. The van der Waals surface area contributed by atoms with Crippen molar-refractivity contribution in [1.82, 2.24) is 4.90 Å². The van der Waals surface area contributed by atoms with Gasteiger partial charge in [-0.05, 0) is 24.8 Å². The van der Waals surface area contributed by atoms with Gasteiger partial charge in [0.1, 0.15) is 0 Å². The lowest BCUT2D eigenvalue weighted by molar-refractivity contribution is 0.263. The van der Waals surface area contributed by atoms with Crippen LogP contribution in [0.15, 0.2) is 17.5 Å². The molecule has 2 rings (SSSR count). The van der Waals surface area contributed by atoms with Crippen molar-refractivity contribution in [2.45, 2.75) is 25.4 Å². The first kappa shape index (κ1) is 9.19. The van der Waals surface area contributed by atoms with Crippen LogP contribution in [-0.4, -0.2) is 24.0 Å². The van der Waals surface area contributed by atoms with E-state index in [-0.39, 0.29) is 0 Å². The molecule has 0 unspecified atom stereocenters. The highest BCUT2D eigenvalue weighted by Crippen LogP contribution is 2.27. The van der Waals surface area contributed by atoms with Gasteiger partial charge in [0.25, 0.3) is 0 Å². The summed E-state index contributed by atoms with van der Waals surface area (Å²) in [5.41, 5.74) is 5.88. The molecular formula is C10H16N2S. The smallest absolute Gasteiger partial charge is 0.0413 e. The number of likely N-dealkylation sites (tertiary alicyclic amines) is 1. The monoisotopic (exact) mass is 196 g/mol. The molecule has 2 nitrogen and oxygen atoms in total. The van der Waals surface area contributed by atoms with E-state index in [1.54, 1.807) is 0 Å². The first-order valence-corrected chi connectivity index (χ1v) is 5.68. The summed E-state index contributed by atoms with van der Waals surface area (Å²) in [6.45, 7) is 4.48. The van der Waals surface area contributed by atoms with E-state index >= 15 is 0 Å². The van der Waals surface area contributed by atoms with E-state index in [0.29, 0.717) is 12.1 Å². The second-order valence-corrected chi connectivity index (χ2v) is 4.71. The van der Waals surface area contributed by atoms with E-state index in [9.17, 15) is 0 Å². The molecule has 0 aliphatic carbocycles. The SMILES string of the molecule is C[C@@H](c1cccs1)N1CC[C@@H](N)C1. The van der Waals surface area contributed by atoms with Crippen molar-refractivity contribution < 1.29 is 0 Å². The van der Waals surface area contributed by atoms with Gasteiger partial charge in [0.15, 0.2) is 0 Å². The zero-order valence-electron chi connectivity index (χ0n) is 7.94. The van der Waals surface area contributed by atoms with Crippen molar-refractivity contribution in [3.05, 3.63) is 22.4 Å². The van der Waals surface area contributed by atoms with Crippen LogP contribution in [-0.2, 0) is 0 Å². The van der Waals surface area contributed by atoms with E-state index in [2.05, 4.69) is 29.3 Å². The Morgan fingerprint density at radius 1 is 1.69 bits per heavy atom. The molecule has 1 fully saturated rings. The van der Waals surface area contributed by atoms with Gasteiger partial charge in [-0.15, -0.1) is 11.3 Å². The number of hydrogen-bond acceptors (Lipinski definition) is 3. The topological polar surface area (TPSA) is 29.3 Å². The van der Waals surface area contributed by atoms with Crippen LogP contribution in [0, 0.1) is 0 Å². The molecule has 1 aromatic heterocycles. The van der Waals surface area contributed by atoms with Crippen molar-refractivity contribution >= 4 is 11.3 Å². The van der Waals surface area contributed by atoms with Gasteiger partial charge in [-0.2, -0.15) is 0 Å². The molecular weight excluding hydrogens is 180 g/mol. The zero-order valence-corrected chi connectivity index (χ0v) is 8.76.